The van der Waals surface area contributed by atoms with Crippen LogP contribution in [0.3, 0.4) is 0 Å². The van der Waals surface area contributed by atoms with Gasteiger partial charge in [0.1, 0.15) is 22.9 Å². The van der Waals surface area contributed by atoms with Gasteiger partial charge in [0.25, 0.3) is 0 Å². The molecule has 0 radical (unpaired) electrons. The third kappa shape index (κ3) is 4.49. The number of carboxylic acids is 1. The van der Waals surface area contributed by atoms with Crippen LogP contribution in [-0.2, 0) is 6.54 Å². The van der Waals surface area contributed by atoms with Crippen LogP contribution in [0.15, 0.2) is 52.5 Å². The zero-order valence-corrected chi connectivity index (χ0v) is 18.5. The van der Waals surface area contributed by atoms with Gasteiger partial charge in [-0.05, 0) is 31.2 Å². The molecule has 34 heavy (non-hydrogen) atoms. The number of hydrogen-bond donors (Lipinski definition) is 2. The van der Waals surface area contributed by atoms with Gasteiger partial charge in [0, 0.05) is 56.4 Å². The topological polar surface area (TPSA) is 98.4 Å². The highest BCUT2D eigenvalue weighted by Gasteiger charge is 2.23. The molecule has 1 fully saturated rings. The predicted octanol–water partition coefficient (Wildman–Crippen LogP) is 3.00. The Balaban J connectivity index is 1.54. The summed E-state index contributed by atoms with van der Waals surface area (Å²) in [5, 5.41) is 22.1. The van der Waals surface area contributed by atoms with Crippen molar-refractivity contribution in [2.75, 3.05) is 37.6 Å². The molecular weight excluding hydrogens is 446 g/mol. The smallest absolute Gasteiger partial charge is 0.341 e. The molecule has 2 heterocycles. The molecular formula is C24H24F2N4O4. The quantitative estimate of drug-likeness (QED) is 0.327. The SMILES string of the molecule is CCn1cc(C(=O)O)c(=O)c2cc(F)c(N3CCN(CC(=NO)c4ccc(F)cc4)CC3)cc21. The summed E-state index contributed by atoms with van der Waals surface area (Å²) < 4.78 is 29.8. The number of carbonyl (C=O) groups is 1. The Morgan fingerprint density at radius 1 is 1.09 bits per heavy atom. The first kappa shape index (κ1) is 23.4. The van der Waals surface area contributed by atoms with Crippen molar-refractivity contribution >= 4 is 28.3 Å². The van der Waals surface area contributed by atoms with Gasteiger partial charge >= 0.3 is 5.97 Å². The maximum Gasteiger partial charge on any atom is 0.341 e. The molecule has 0 amide bonds. The Hall–Kier alpha value is -3.79. The number of oxime groups is 1. The molecule has 1 aromatic heterocycles. The lowest BCUT2D eigenvalue weighted by Gasteiger charge is -2.36. The molecule has 0 spiro atoms. The highest BCUT2D eigenvalue weighted by molar-refractivity contribution is 6.01. The van der Waals surface area contributed by atoms with Crippen LogP contribution in [0.1, 0.15) is 22.8 Å². The summed E-state index contributed by atoms with van der Waals surface area (Å²) in [4.78, 5) is 27.9. The number of piperazine rings is 1. The number of pyridine rings is 1. The highest BCUT2D eigenvalue weighted by Crippen LogP contribution is 2.26. The number of anilines is 1. The van der Waals surface area contributed by atoms with Crippen LogP contribution in [0.5, 0.6) is 0 Å². The lowest BCUT2D eigenvalue weighted by Crippen LogP contribution is -2.48. The van der Waals surface area contributed by atoms with Crippen molar-refractivity contribution in [3.8, 4) is 0 Å². The van der Waals surface area contributed by atoms with Crippen LogP contribution in [-0.4, -0.2) is 64.2 Å². The number of aromatic carboxylic acids is 1. The van der Waals surface area contributed by atoms with Crippen molar-refractivity contribution in [1.29, 1.82) is 0 Å². The molecule has 1 aliphatic heterocycles. The Morgan fingerprint density at radius 3 is 2.35 bits per heavy atom. The molecule has 1 aliphatic rings. The van der Waals surface area contributed by atoms with Gasteiger partial charge in [0.05, 0.1) is 11.2 Å². The van der Waals surface area contributed by atoms with Crippen LogP contribution in [0.25, 0.3) is 10.9 Å². The van der Waals surface area contributed by atoms with Gasteiger partial charge in [-0.15, -0.1) is 0 Å². The number of halogens is 2. The molecule has 178 valence electrons. The summed E-state index contributed by atoms with van der Waals surface area (Å²) in [6.07, 6.45) is 1.29. The average Bonchev–Trinajstić information content (AvgIpc) is 2.83. The first-order valence-electron chi connectivity index (χ1n) is 10.9. The maximum absolute atomic E-state index is 15.0. The fourth-order valence-corrected chi connectivity index (χ4v) is 4.24. The molecule has 0 bridgehead atoms. The summed E-state index contributed by atoms with van der Waals surface area (Å²) in [6, 6.07) is 8.41. The van der Waals surface area contributed by atoms with Crippen molar-refractivity contribution in [2.24, 2.45) is 5.16 Å². The van der Waals surface area contributed by atoms with Crippen LogP contribution >= 0.6 is 0 Å². The number of carboxylic acid groups (broad SMARTS) is 1. The second-order valence-electron chi connectivity index (χ2n) is 8.10. The minimum Gasteiger partial charge on any atom is -0.477 e. The molecule has 1 saturated heterocycles. The van der Waals surface area contributed by atoms with Gasteiger partial charge in [-0.3, -0.25) is 9.69 Å². The van der Waals surface area contributed by atoms with Crippen molar-refractivity contribution in [1.82, 2.24) is 9.47 Å². The van der Waals surface area contributed by atoms with E-state index < -0.39 is 22.8 Å². The predicted molar refractivity (Wildman–Crippen MR) is 124 cm³/mol. The molecule has 0 atom stereocenters. The number of hydrogen-bond acceptors (Lipinski definition) is 6. The summed E-state index contributed by atoms with van der Waals surface area (Å²) in [7, 11) is 0. The molecule has 0 aliphatic carbocycles. The number of nitrogens with zero attached hydrogens (tertiary/aromatic N) is 4. The van der Waals surface area contributed by atoms with E-state index in [1.165, 1.54) is 18.3 Å². The number of benzene rings is 2. The number of rotatable bonds is 6. The Morgan fingerprint density at radius 2 is 1.76 bits per heavy atom. The second kappa shape index (κ2) is 9.60. The van der Waals surface area contributed by atoms with Gasteiger partial charge in [-0.25, -0.2) is 13.6 Å². The van der Waals surface area contributed by atoms with Crippen molar-refractivity contribution in [3.63, 3.8) is 0 Å². The van der Waals surface area contributed by atoms with E-state index in [0.717, 1.165) is 6.07 Å². The van der Waals surface area contributed by atoms with Gasteiger partial charge in [0.2, 0.25) is 5.43 Å². The van der Waals surface area contributed by atoms with E-state index in [0.29, 0.717) is 61.7 Å². The Labute approximate surface area is 193 Å². The average molecular weight is 470 g/mol. The van der Waals surface area contributed by atoms with Crippen LogP contribution < -0.4 is 10.3 Å². The van der Waals surface area contributed by atoms with E-state index in [1.807, 2.05) is 11.8 Å². The fraction of sp³-hybridized carbons (Fsp3) is 0.292. The van der Waals surface area contributed by atoms with E-state index in [2.05, 4.69) is 10.1 Å². The van der Waals surface area contributed by atoms with Gasteiger partial charge in [0.15, 0.2) is 0 Å². The second-order valence-corrected chi connectivity index (χ2v) is 8.10. The van der Waals surface area contributed by atoms with E-state index in [-0.39, 0.29) is 11.2 Å². The van der Waals surface area contributed by atoms with Gasteiger partial charge < -0.3 is 19.8 Å². The monoisotopic (exact) mass is 470 g/mol. The fourth-order valence-electron chi connectivity index (χ4n) is 4.24. The molecule has 0 saturated carbocycles. The van der Waals surface area contributed by atoms with E-state index in [1.54, 1.807) is 22.8 Å². The largest absolute Gasteiger partial charge is 0.477 e. The molecule has 10 heteroatoms. The van der Waals surface area contributed by atoms with Crippen LogP contribution in [0.2, 0.25) is 0 Å². The lowest BCUT2D eigenvalue weighted by molar-refractivity contribution is 0.0695. The van der Waals surface area contributed by atoms with Crippen molar-refractivity contribution < 1.29 is 23.9 Å². The first-order chi connectivity index (χ1) is 16.3. The first-order valence-corrected chi connectivity index (χ1v) is 10.9. The number of aromatic nitrogens is 1. The maximum atomic E-state index is 15.0. The van der Waals surface area contributed by atoms with E-state index >= 15 is 4.39 Å². The number of fused-ring (bicyclic) bond motifs is 1. The Kier molecular flexibility index (Phi) is 6.60. The third-order valence-electron chi connectivity index (χ3n) is 6.10. The molecule has 0 unspecified atom stereocenters. The minimum atomic E-state index is -1.35. The van der Waals surface area contributed by atoms with Gasteiger partial charge in [-0.2, -0.15) is 0 Å². The lowest BCUT2D eigenvalue weighted by atomic mass is 10.1. The zero-order chi connectivity index (χ0) is 24.4. The summed E-state index contributed by atoms with van der Waals surface area (Å²) >= 11 is 0. The van der Waals surface area contributed by atoms with E-state index in [4.69, 9.17) is 0 Å². The third-order valence-corrected chi connectivity index (χ3v) is 6.10. The Bertz CT molecular complexity index is 1310. The molecule has 3 aromatic rings. The zero-order valence-electron chi connectivity index (χ0n) is 18.5. The molecule has 2 aromatic carbocycles. The molecule has 4 rings (SSSR count). The van der Waals surface area contributed by atoms with Crippen LogP contribution in [0.4, 0.5) is 14.5 Å². The molecule has 2 N–H and O–H groups in total. The summed E-state index contributed by atoms with van der Waals surface area (Å²) in [5.41, 5.74) is 0.738. The van der Waals surface area contributed by atoms with Crippen molar-refractivity contribution in [2.45, 2.75) is 13.5 Å². The molecule has 8 nitrogen and oxygen atoms in total. The van der Waals surface area contributed by atoms with Crippen molar-refractivity contribution in [3.05, 3.63) is 75.6 Å². The van der Waals surface area contributed by atoms with Crippen LogP contribution in [0, 0.1) is 11.6 Å². The normalized spacial score (nSPS) is 15.1. The minimum absolute atomic E-state index is 0.0322. The standard InChI is InChI=1S/C24H24F2N4O4/c1-2-29-13-18(24(32)33)23(31)17-11-19(26)22(12-21(17)29)30-9-7-28(8-10-30)14-20(27-34)15-3-5-16(25)6-4-15/h3-6,11-13,34H,2,7-10,14H2,1H3,(H,32,33). The highest BCUT2D eigenvalue weighted by atomic mass is 19.1. The summed E-state index contributed by atoms with van der Waals surface area (Å²) in [5.74, 6) is -2.31. The van der Waals surface area contributed by atoms with E-state index in [9.17, 15) is 24.3 Å². The number of aryl methyl sites for hydroxylation is 1. The summed E-state index contributed by atoms with van der Waals surface area (Å²) in [6.45, 7) is 4.71. The van der Waals surface area contributed by atoms with Gasteiger partial charge in [-0.1, -0.05) is 17.3 Å².